The van der Waals surface area contributed by atoms with Gasteiger partial charge in [0.2, 0.25) is 0 Å². The molecule has 6 aromatic rings. The zero-order valence-electron chi connectivity index (χ0n) is 23.2. The van der Waals surface area contributed by atoms with E-state index in [4.69, 9.17) is 5.73 Å². The van der Waals surface area contributed by atoms with Crippen LogP contribution < -0.4 is 5.73 Å². The van der Waals surface area contributed by atoms with Crippen LogP contribution in [0.1, 0.15) is 31.9 Å². The second-order valence-electron chi connectivity index (χ2n) is 9.64. The Hall–Kier alpha value is -4.62. The van der Waals surface area contributed by atoms with Crippen LogP contribution in [0.4, 0.5) is 0 Å². The molecule has 6 aromatic carbocycles. The Bertz CT molecular complexity index is 1800. The van der Waals surface area contributed by atoms with E-state index < -0.39 is 0 Å². The van der Waals surface area contributed by atoms with Crippen molar-refractivity contribution in [2.45, 2.75) is 27.7 Å². The Morgan fingerprint density at radius 1 is 0.590 bits per heavy atom. The monoisotopic (exact) mass is 505 g/mol. The summed E-state index contributed by atoms with van der Waals surface area (Å²) in [5, 5.41) is 7.53. The molecule has 0 bridgehead atoms. The van der Waals surface area contributed by atoms with E-state index in [1.165, 1.54) is 60.1 Å². The van der Waals surface area contributed by atoms with Crippen molar-refractivity contribution < 1.29 is 0 Å². The van der Waals surface area contributed by atoms with Gasteiger partial charge in [-0.15, -0.1) is 0 Å². The maximum absolute atomic E-state index is 6.42. The van der Waals surface area contributed by atoms with Gasteiger partial charge in [-0.3, -0.25) is 0 Å². The van der Waals surface area contributed by atoms with Gasteiger partial charge >= 0.3 is 0 Å². The predicted octanol–water partition coefficient (Wildman–Crippen LogP) is 10.7. The van der Waals surface area contributed by atoms with Crippen LogP contribution in [0.3, 0.4) is 0 Å². The van der Waals surface area contributed by atoms with E-state index in [9.17, 15) is 0 Å². The Kier molecular flexibility index (Phi) is 7.61. The summed E-state index contributed by atoms with van der Waals surface area (Å²) in [5.41, 5.74) is 14.4. The molecule has 39 heavy (non-hydrogen) atoms. The van der Waals surface area contributed by atoms with Crippen molar-refractivity contribution in [3.8, 4) is 22.3 Å². The standard InChI is InChI=1S/C36H29N.C2H6/c1-3-4-16-34(37)26-10-9-11-27(22-26)35-30-12-5-7-14-32(30)36(33-15-8-6-13-31(33)35)28-20-19-25-18-17-24(2)21-29(25)23-28;1-2/h3-23H,37H2,1-2H3;1-2H3/b4-3-,34-16-;. The molecule has 1 heteroatoms. The Balaban J connectivity index is 0.00000151. The lowest BCUT2D eigenvalue weighted by molar-refractivity contribution is 1.50. The number of hydrogen-bond donors (Lipinski definition) is 1. The lowest BCUT2D eigenvalue weighted by atomic mass is 9.85. The number of fused-ring (bicyclic) bond motifs is 3. The normalized spacial score (nSPS) is 11.7. The summed E-state index contributed by atoms with van der Waals surface area (Å²) >= 11 is 0. The smallest absolute Gasteiger partial charge is 0.0387 e. The van der Waals surface area contributed by atoms with E-state index in [1.54, 1.807) is 0 Å². The fourth-order valence-electron chi connectivity index (χ4n) is 5.42. The molecule has 0 aliphatic rings. The highest BCUT2D eigenvalue weighted by atomic mass is 14.6. The number of benzene rings is 6. The van der Waals surface area contributed by atoms with Gasteiger partial charge in [-0.25, -0.2) is 0 Å². The Morgan fingerprint density at radius 2 is 1.15 bits per heavy atom. The quantitative estimate of drug-likeness (QED) is 0.187. The van der Waals surface area contributed by atoms with Crippen molar-refractivity contribution in [3.63, 3.8) is 0 Å². The van der Waals surface area contributed by atoms with E-state index in [2.05, 4.69) is 116 Å². The molecule has 1 nitrogen and oxygen atoms in total. The van der Waals surface area contributed by atoms with Crippen molar-refractivity contribution in [2.75, 3.05) is 0 Å². The molecule has 0 saturated heterocycles. The van der Waals surface area contributed by atoms with Crippen LogP contribution >= 0.6 is 0 Å². The third-order valence-electron chi connectivity index (χ3n) is 7.17. The molecule has 6 rings (SSSR count). The van der Waals surface area contributed by atoms with Crippen LogP contribution in [-0.4, -0.2) is 0 Å². The third-order valence-corrected chi connectivity index (χ3v) is 7.17. The van der Waals surface area contributed by atoms with Crippen LogP contribution in [0, 0.1) is 6.92 Å². The average molecular weight is 506 g/mol. The van der Waals surface area contributed by atoms with Crippen molar-refractivity contribution in [2.24, 2.45) is 5.73 Å². The van der Waals surface area contributed by atoms with E-state index in [1.807, 2.05) is 39.0 Å². The molecule has 0 aliphatic carbocycles. The summed E-state index contributed by atoms with van der Waals surface area (Å²) in [4.78, 5) is 0. The molecule has 0 unspecified atom stereocenters. The second kappa shape index (κ2) is 11.4. The minimum atomic E-state index is 0.761. The maximum Gasteiger partial charge on any atom is 0.0387 e. The summed E-state index contributed by atoms with van der Waals surface area (Å²) in [6.07, 6.45) is 5.93. The molecule has 0 heterocycles. The van der Waals surface area contributed by atoms with E-state index in [0.717, 1.165) is 11.3 Å². The minimum Gasteiger partial charge on any atom is -0.398 e. The molecule has 2 N–H and O–H groups in total. The van der Waals surface area contributed by atoms with Gasteiger partial charge in [0, 0.05) is 5.70 Å². The van der Waals surface area contributed by atoms with Gasteiger partial charge in [0.25, 0.3) is 0 Å². The summed E-state index contributed by atoms with van der Waals surface area (Å²) in [6, 6.07) is 39.6. The van der Waals surface area contributed by atoms with Gasteiger partial charge in [-0.05, 0) is 92.2 Å². The topological polar surface area (TPSA) is 26.0 Å². The Labute approximate surface area is 231 Å². The van der Waals surface area contributed by atoms with E-state index in [-0.39, 0.29) is 0 Å². The van der Waals surface area contributed by atoms with Crippen LogP contribution in [0.5, 0.6) is 0 Å². The molecular formula is C38H35N. The second-order valence-corrected chi connectivity index (χ2v) is 9.64. The molecule has 0 amide bonds. The average Bonchev–Trinajstić information content (AvgIpc) is 2.99. The summed E-state index contributed by atoms with van der Waals surface area (Å²) in [7, 11) is 0. The highest BCUT2D eigenvalue weighted by Crippen LogP contribution is 2.44. The minimum absolute atomic E-state index is 0.761. The first-order chi connectivity index (χ1) is 19.1. The molecule has 192 valence electrons. The number of nitrogens with two attached hydrogens (primary N) is 1. The molecule has 0 spiro atoms. The molecule has 0 radical (unpaired) electrons. The number of allylic oxidation sites excluding steroid dienone is 3. The van der Waals surface area contributed by atoms with Gasteiger partial charge < -0.3 is 5.73 Å². The number of rotatable bonds is 4. The van der Waals surface area contributed by atoms with Gasteiger partial charge in [-0.1, -0.05) is 129 Å². The van der Waals surface area contributed by atoms with Gasteiger partial charge in [-0.2, -0.15) is 0 Å². The lowest BCUT2D eigenvalue weighted by Crippen LogP contribution is -1.96. The summed E-state index contributed by atoms with van der Waals surface area (Å²) in [5.74, 6) is 0. The van der Waals surface area contributed by atoms with Crippen molar-refractivity contribution in [1.82, 2.24) is 0 Å². The van der Waals surface area contributed by atoms with Crippen LogP contribution in [-0.2, 0) is 0 Å². The Morgan fingerprint density at radius 3 is 1.74 bits per heavy atom. The maximum atomic E-state index is 6.42. The molecule has 0 saturated carbocycles. The predicted molar refractivity (Wildman–Crippen MR) is 173 cm³/mol. The highest BCUT2D eigenvalue weighted by Gasteiger charge is 2.17. The largest absolute Gasteiger partial charge is 0.398 e. The summed E-state index contributed by atoms with van der Waals surface area (Å²) in [6.45, 7) is 8.15. The molecule has 0 aliphatic heterocycles. The first kappa shape index (κ1) is 26.0. The number of hydrogen-bond acceptors (Lipinski definition) is 1. The zero-order valence-corrected chi connectivity index (χ0v) is 23.2. The van der Waals surface area contributed by atoms with Crippen LogP contribution in [0.25, 0.3) is 60.3 Å². The van der Waals surface area contributed by atoms with Crippen molar-refractivity contribution >= 4 is 38.0 Å². The van der Waals surface area contributed by atoms with Crippen LogP contribution in [0.15, 0.2) is 127 Å². The molecule has 0 atom stereocenters. The fourth-order valence-corrected chi connectivity index (χ4v) is 5.42. The molecular weight excluding hydrogens is 470 g/mol. The van der Waals surface area contributed by atoms with Crippen molar-refractivity contribution in [1.29, 1.82) is 0 Å². The first-order valence-electron chi connectivity index (χ1n) is 13.8. The number of aryl methyl sites for hydroxylation is 1. The van der Waals surface area contributed by atoms with E-state index >= 15 is 0 Å². The first-order valence-corrected chi connectivity index (χ1v) is 13.8. The SMILES string of the molecule is C/C=C\C=C(/N)c1cccc(-c2c3ccccc3c(-c3ccc4ccc(C)cc4c3)c3ccccc23)c1.CC. The van der Waals surface area contributed by atoms with Crippen molar-refractivity contribution in [3.05, 3.63) is 139 Å². The summed E-state index contributed by atoms with van der Waals surface area (Å²) < 4.78 is 0. The lowest BCUT2D eigenvalue weighted by Gasteiger charge is -2.18. The van der Waals surface area contributed by atoms with E-state index in [0.29, 0.717) is 0 Å². The van der Waals surface area contributed by atoms with Crippen LogP contribution in [0.2, 0.25) is 0 Å². The highest BCUT2D eigenvalue weighted by molar-refractivity contribution is 6.21. The molecule has 0 fully saturated rings. The van der Waals surface area contributed by atoms with Gasteiger partial charge in [0.15, 0.2) is 0 Å². The molecule has 0 aromatic heterocycles. The van der Waals surface area contributed by atoms with Gasteiger partial charge in [0.1, 0.15) is 0 Å². The third kappa shape index (κ3) is 4.96. The zero-order chi connectivity index (χ0) is 27.4. The van der Waals surface area contributed by atoms with Gasteiger partial charge in [0.05, 0.1) is 0 Å². The fraction of sp³-hybridized carbons (Fsp3) is 0.105.